The van der Waals surface area contributed by atoms with Gasteiger partial charge in [-0.25, -0.2) is 0 Å². The topological polar surface area (TPSA) is 72.9 Å². The molecule has 1 aromatic carbocycles. The van der Waals surface area contributed by atoms with Crippen LogP contribution in [-0.4, -0.2) is 50.5 Å². The molecule has 0 bridgehead atoms. The molecule has 0 radical (unpaired) electrons. The molecule has 0 saturated carbocycles. The maximum absolute atomic E-state index is 13.5. The molecule has 162 valence electrons. The van der Waals surface area contributed by atoms with E-state index in [0.717, 1.165) is 5.56 Å². The number of methoxy groups -OCH3 is 1. The van der Waals surface area contributed by atoms with E-state index in [1.54, 1.807) is 6.08 Å². The van der Waals surface area contributed by atoms with Gasteiger partial charge in [0.2, 0.25) is 5.91 Å². The highest BCUT2D eigenvalue weighted by molar-refractivity contribution is 6.76. The molecule has 2 rings (SSSR count). The Balaban J connectivity index is 2.33. The summed E-state index contributed by atoms with van der Waals surface area (Å²) >= 11 is 0. The number of rotatable bonds is 9. The largest absolute Gasteiger partial charge is 0.500 e. The fourth-order valence-electron chi connectivity index (χ4n) is 3.44. The molecule has 1 aliphatic rings. The molecule has 1 aliphatic carbocycles. The number of amides is 1. The van der Waals surface area contributed by atoms with E-state index in [-0.39, 0.29) is 24.7 Å². The smallest absolute Gasteiger partial charge is 0.302 e. The lowest BCUT2D eigenvalue weighted by molar-refractivity contribution is -0.146. The van der Waals surface area contributed by atoms with Crippen LogP contribution in [0.15, 0.2) is 54.3 Å². The number of ketones is 1. The summed E-state index contributed by atoms with van der Waals surface area (Å²) in [5, 5.41) is 0. The van der Waals surface area contributed by atoms with Gasteiger partial charge in [0.15, 0.2) is 5.78 Å². The van der Waals surface area contributed by atoms with Crippen molar-refractivity contribution in [3.05, 3.63) is 59.9 Å². The van der Waals surface area contributed by atoms with E-state index in [1.165, 1.54) is 26.2 Å². The zero-order valence-electron chi connectivity index (χ0n) is 18.4. The summed E-state index contributed by atoms with van der Waals surface area (Å²) in [6.07, 6.45) is 5.13. The number of carbonyl (C=O) groups excluding carboxylic acids is 3. The standard InChI is InChI=1S/C23H31NO5Si/c1-18(25)29-16-23(12-11-20(26)13-21(23)28-2)14-22(27)24(17-30(3,4)5)15-19-9-7-6-8-10-19/h6-13H,14-17H2,1-5H3. The number of ether oxygens (including phenoxy) is 2. The molecule has 30 heavy (non-hydrogen) atoms. The van der Waals surface area contributed by atoms with Gasteiger partial charge in [-0.1, -0.05) is 56.0 Å². The molecule has 1 aromatic rings. The Morgan fingerprint density at radius 3 is 2.37 bits per heavy atom. The number of carbonyl (C=O) groups is 3. The number of esters is 1. The van der Waals surface area contributed by atoms with Crippen LogP contribution >= 0.6 is 0 Å². The molecular weight excluding hydrogens is 398 g/mol. The third-order valence-electron chi connectivity index (χ3n) is 4.78. The van der Waals surface area contributed by atoms with Crippen LogP contribution in [0.5, 0.6) is 0 Å². The summed E-state index contributed by atoms with van der Waals surface area (Å²) in [4.78, 5) is 38.7. The lowest BCUT2D eigenvalue weighted by Gasteiger charge is -2.36. The summed E-state index contributed by atoms with van der Waals surface area (Å²) in [6.45, 7) is 8.40. The van der Waals surface area contributed by atoms with Crippen molar-refractivity contribution in [3.8, 4) is 0 Å². The van der Waals surface area contributed by atoms with Crippen molar-refractivity contribution in [1.29, 1.82) is 0 Å². The SMILES string of the molecule is COC1=CC(=O)C=CC1(COC(C)=O)CC(=O)N(Cc1ccccc1)C[Si](C)(C)C. The first-order valence-corrected chi connectivity index (χ1v) is 13.7. The Hall–Kier alpha value is -2.67. The molecule has 0 N–H and O–H groups in total. The summed E-state index contributed by atoms with van der Waals surface area (Å²) in [6, 6.07) is 9.85. The minimum absolute atomic E-state index is 0.0427. The second-order valence-electron chi connectivity index (χ2n) is 8.86. The number of hydrogen-bond donors (Lipinski definition) is 0. The van der Waals surface area contributed by atoms with E-state index in [2.05, 4.69) is 19.6 Å². The summed E-state index contributed by atoms with van der Waals surface area (Å²) in [7, 11) is -0.145. The van der Waals surface area contributed by atoms with E-state index < -0.39 is 19.5 Å². The normalized spacial score (nSPS) is 18.6. The number of allylic oxidation sites excluding steroid dienone is 2. The molecule has 1 unspecified atom stereocenters. The van der Waals surface area contributed by atoms with E-state index in [9.17, 15) is 14.4 Å². The average Bonchev–Trinajstić information content (AvgIpc) is 2.67. The third-order valence-corrected chi connectivity index (χ3v) is 6.11. The number of benzene rings is 1. The van der Waals surface area contributed by atoms with E-state index in [1.807, 2.05) is 35.2 Å². The Morgan fingerprint density at radius 1 is 1.13 bits per heavy atom. The van der Waals surface area contributed by atoms with E-state index in [4.69, 9.17) is 9.47 Å². The molecule has 0 saturated heterocycles. The summed E-state index contributed by atoms with van der Waals surface area (Å²) in [5.41, 5.74) is 0.0507. The van der Waals surface area contributed by atoms with Gasteiger partial charge in [-0.2, -0.15) is 0 Å². The molecule has 6 nitrogen and oxygen atoms in total. The minimum atomic E-state index is -1.60. The fraction of sp³-hybridized carbons (Fsp3) is 0.435. The van der Waals surface area contributed by atoms with Crippen molar-refractivity contribution in [2.45, 2.75) is 39.5 Å². The zero-order valence-corrected chi connectivity index (χ0v) is 19.4. The first-order chi connectivity index (χ1) is 14.0. The molecule has 0 aromatic heterocycles. The van der Waals surface area contributed by atoms with Gasteiger partial charge in [-0.05, 0) is 11.6 Å². The van der Waals surface area contributed by atoms with Crippen molar-refractivity contribution in [1.82, 2.24) is 4.90 Å². The number of hydrogen-bond acceptors (Lipinski definition) is 5. The van der Waals surface area contributed by atoms with Crippen molar-refractivity contribution < 1.29 is 23.9 Å². The highest BCUT2D eigenvalue weighted by atomic mass is 28.3. The van der Waals surface area contributed by atoms with Crippen LogP contribution in [0.2, 0.25) is 19.6 Å². The van der Waals surface area contributed by atoms with Crippen LogP contribution in [0.4, 0.5) is 0 Å². The first kappa shape index (κ1) is 23.6. The Morgan fingerprint density at radius 2 is 1.80 bits per heavy atom. The lowest BCUT2D eigenvalue weighted by Crippen LogP contribution is -2.46. The molecule has 0 fully saturated rings. The minimum Gasteiger partial charge on any atom is -0.500 e. The van der Waals surface area contributed by atoms with E-state index >= 15 is 0 Å². The average molecular weight is 430 g/mol. The Bertz CT molecular complexity index is 841. The molecule has 1 atom stereocenters. The monoisotopic (exact) mass is 429 g/mol. The van der Waals surface area contributed by atoms with Gasteiger partial charge in [0, 0.05) is 32.1 Å². The Kier molecular flexibility index (Phi) is 7.78. The highest BCUT2D eigenvalue weighted by Gasteiger charge is 2.41. The summed E-state index contributed by atoms with van der Waals surface area (Å²) < 4.78 is 10.7. The molecule has 1 amide bonds. The van der Waals surface area contributed by atoms with Crippen molar-refractivity contribution in [3.63, 3.8) is 0 Å². The van der Waals surface area contributed by atoms with Crippen LogP contribution in [0.1, 0.15) is 18.9 Å². The molecule has 0 spiro atoms. The van der Waals surface area contributed by atoms with Crippen LogP contribution in [-0.2, 0) is 30.4 Å². The van der Waals surface area contributed by atoms with Crippen molar-refractivity contribution in [2.24, 2.45) is 5.41 Å². The predicted molar refractivity (Wildman–Crippen MR) is 118 cm³/mol. The van der Waals surface area contributed by atoms with Crippen LogP contribution < -0.4 is 0 Å². The van der Waals surface area contributed by atoms with Crippen LogP contribution in [0.25, 0.3) is 0 Å². The predicted octanol–water partition coefficient (Wildman–Crippen LogP) is 3.50. The molecular formula is C23H31NO5Si. The molecule has 0 aliphatic heterocycles. The fourth-order valence-corrected chi connectivity index (χ4v) is 4.88. The van der Waals surface area contributed by atoms with Crippen molar-refractivity contribution in [2.75, 3.05) is 19.9 Å². The maximum atomic E-state index is 13.5. The highest BCUT2D eigenvalue weighted by Crippen LogP contribution is 2.37. The first-order valence-electron chi connectivity index (χ1n) is 9.99. The third kappa shape index (κ3) is 6.69. The van der Waals surface area contributed by atoms with Gasteiger partial charge in [0.05, 0.1) is 20.6 Å². The quantitative estimate of drug-likeness (QED) is 0.444. The van der Waals surface area contributed by atoms with E-state index in [0.29, 0.717) is 18.5 Å². The maximum Gasteiger partial charge on any atom is 0.302 e. The van der Waals surface area contributed by atoms with Crippen LogP contribution in [0, 0.1) is 5.41 Å². The Labute approximate surface area is 179 Å². The second-order valence-corrected chi connectivity index (χ2v) is 14.3. The number of nitrogens with zero attached hydrogens (tertiary/aromatic N) is 1. The lowest BCUT2D eigenvalue weighted by atomic mass is 9.79. The molecule has 7 heteroatoms. The van der Waals surface area contributed by atoms with Crippen LogP contribution in [0.3, 0.4) is 0 Å². The van der Waals surface area contributed by atoms with Gasteiger partial charge < -0.3 is 14.4 Å². The zero-order chi connectivity index (χ0) is 22.4. The van der Waals surface area contributed by atoms with Gasteiger partial charge in [-0.15, -0.1) is 0 Å². The van der Waals surface area contributed by atoms with Gasteiger partial charge in [0.1, 0.15) is 12.4 Å². The second kappa shape index (κ2) is 9.89. The summed E-state index contributed by atoms with van der Waals surface area (Å²) in [5.74, 6) is -0.417. The van der Waals surface area contributed by atoms with Crippen molar-refractivity contribution >= 4 is 25.7 Å². The van der Waals surface area contributed by atoms with Gasteiger partial charge >= 0.3 is 5.97 Å². The van der Waals surface area contributed by atoms with Gasteiger partial charge in [-0.3, -0.25) is 14.4 Å². The molecule has 0 heterocycles. The van der Waals surface area contributed by atoms with Gasteiger partial charge in [0.25, 0.3) is 0 Å².